The number of ether oxygens (including phenoxy) is 1. The molecule has 2 atom stereocenters. The molecule has 110 valence electrons. The Bertz CT molecular complexity index is 322. The van der Waals surface area contributed by atoms with Crippen LogP contribution in [-0.2, 0) is 9.53 Å². The summed E-state index contributed by atoms with van der Waals surface area (Å²) < 4.78 is 5.51. The second-order valence-electron chi connectivity index (χ2n) is 5.04. The first kappa shape index (κ1) is 15.8. The Morgan fingerprint density at radius 2 is 2.21 bits per heavy atom. The van der Waals surface area contributed by atoms with Crippen molar-refractivity contribution in [2.24, 2.45) is 5.92 Å². The van der Waals surface area contributed by atoms with E-state index in [0.29, 0.717) is 26.2 Å². The second-order valence-corrected chi connectivity index (χ2v) is 5.04. The Kier molecular flexibility index (Phi) is 6.08. The third-order valence-corrected chi connectivity index (χ3v) is 3.29. The molecule has 6 nitrogen and oxygen atoms in total. The third-order valence-electron chi connectivity index (χ3n) is 3.29. The molecule has 1 rings (SSSR count). The van der Waals surface area contributed by atoms with E-state index in [4.69, 9.17) is 9.84 Å². The van der Waals surface area contributed by atoms with Gasteiger partial charge in [0.25, 0.3) is 0 Å². The number of aliphatic carboxylic acids is 1. The average molecular weight is 272 g/mol. The van der Waals surface area contributed by atoms with Crippen molar-refractivity contribution < 1.29 is 19.4 Å². The number of urea groups is 1. The Hall–Kier alpha value is -1.30. The van der Waals surface area contributed by atoms with Crippen LogP contribution in [0.4, 0.5) is 4.79 Å². The van der Waals surface area contributed by atoms with Gasteiger partial charge in [-0.05, 0) is 20.3 Å². The van der Waals surface area contributed by atoms with Crippen molar-refractivity contribution >= 4 is 12.0 Å². The zero-order chi connectivity index (χ0) is 14.4. The van der Waals surface area contributed by atoms with Crippen LogP contribution in [0, 0.1) is 5.92 Å². The summed E-state index contributed by atoms with van der Waals surface area (Å²) in [6.45, 7) is 8.09. The topological polar surface area (TPSA) is 70.1 Å². The smallest absolute Gasteiger partial charge is 0.320 e. The van der Waals surface area contributed by atoms with Gasteiger partial charge in [0, 0.05) is 32.8 Å². The molecule has 0 aromatic heterocycles. The summed E-state index contributed by atoms with van der Waals surface area (Å²) in [6.07, 6.45) is 0.851. The van der Waals surface area contributed by atoms with E-state index in [9.17, 15) is 9.59 Å². The lowest BCUT2D eigenvalue weighted by atomic mass is 10.2. The standard InChI is InChI=1S/C13H24N2O4/c1-4-14(8-10(2)12(16)17)13(18)15-6-5-7-19-11(3)9-15/h10-11H,4-9H2,1-3H3,(H,16,17). The minimum absolute atomic E-state index is 0.0297. The van der Waals surface area contributed by atoms with Gasteiger partial charge in [-0.15, -0.1) is 0 Å². The Labute approximate surface area is 114 Å². The van der Waals surface area contributed by atoms with Gasteiger partial charge in [0.1, 0.15) is 0 Å². The fraction of sp³-hybridized carbons (Fsp3) is 0.846. The number of hydrogen-bond acceptors (Lipinski definition) is 3. The molecule has 1 heterocycles. The average Bonchev–Trinajstić information content (AvgIpc) is 2.59. The van der Waals surface area contributed by atoms with Crippen molar-refractivity contribution in [2.45, 2.75) is 33.3 Å². The number of nitrogens with zero attached hydrogens (tertiary/aromatic N) is 2. The van der Waals surface area contributed by atoms with Crippen LogP contribution in [0.1, 0.15) is 27.2 Å². The highest BCUT2D eigenvalue weighted by Crippen LogP contribution is 2.10. The molecule has 1 N–H and O–H groups in total. The Morgan fingerprint density at radius 1 is 1.53 bits per heavy atom. The lowest BCUT2D eigenvalue weighted by Crippen LogP contribution is -2.47. The number of carbonyl (C=O) groups is 2. The van der Waals surface area contributed by atoms with Gasteiger partial charge in [0.05, 0.1) is 12.0 Å². The van der Waals surface area contributed by atoms with Crippen LogP contribution in [0.5, 0.6) is 0 Å². The SMILES string of the molecule is CCN(CC(C)C(=O)O)C(=O)N1CCCOC(C)C1. The van der Waals surface area contributed by atoms with Gasteiger partial charge in [-0.25, -0.2) is 4.79 Å². The van der Waals surface area contributed by atoms with Gasteiger partial charge in [0.2, 0.25) is 0 Å². The second kappa shape index (κ2) is 7.33. The molecule has 0 saturated carbocycles. The van der Waals surface area contributed by atoms with Gasteiger partial charge in [-0.1, -0.05) is 6.92 Å². The van der Waals surface area contributed by atoms with E-state index in [2.05, 4.69) is 0 Å². The van der Waals surface area contributed by atoms with Gasteiger partial charge in [-0.2, -0.15) is 0 Å². The summed E-state index contributed by atoms with van der Waals surface area (Å²) in [5.41, 5.74) is 0. The molecule has 0 aromatic carbocycles. The first-order chi connectivity index (χ1) is 8.95. The number of carboxylic acid groups (broad SMARTS) is 1. The molecule has 2 unspecified atom stereocenters. The molecule has 0 aromatic rings. The predicted octanol–water partition coefficient (Wildman–Crippen LogP) is 1.26. The molecule has 0 bridgehead atoms. The van der Waals surface area contributed by atoms with Gasteiger partial charge < -0.3 is 19.6 Å². The summed E-state index contributed by atoms with van der Waals surface area (Å²) >= 11 is 0. The third kappa shape index (κ3) is 4.70. The van der Waals surface area contributed by atoms with Crippen molar-refractivity contribution in [3.8, 4) is 0 Å². The number of hydrogen-bond donors (Lipinski definition) is 1. The number of carboxylic acids is 1. The fourth-order valence-electron chi connectivity index (χ4n) is 2.12. The highest BCUT2D eigenvalue weighted by Gasteiger charge is 2.26. The van der Waals surface area contributed by atoms with Crippen molar-refractivity contribution in [1.82, 2.24) is 9.80 Å². The first-order valence-electron chi connectivity index (χ1n) is 6.84. The van der Waals surface area contributed by atoms with Crippen LogP contribution in [0.3, 0.4) is 0 Å². The van der Waals surface area contributed by atoms with Crippen molar-refractivity contribution in [3.63, 3.8) is 0 Å². The quantitative estimate of drug-likeness (QED) is 0.836. The minimum atomic E-state index is -0.876. The number of carbonyl (C=O) groups excluding carboxylic acids is 1. The maximum Gasteiger partial charge on any atom is 0.320 e. The van der Waals surface area contributed by atoms with Gasteiger partial charge >= 0.3 is 12.0 Å². The lowest BCUT2D eigenvalue weighted by Gasteiger charge is -2.30. The summed E-state index contributed by atoms with van der Waals surface area (Å²) in [4.78, 5) is 26.6. The van der Waals surface area contributed by atoms with Gasteiger partial charge in [0.15, 0.2) is 0 Å². The highest BCUT2D eigenvalue weighted by atomic mass is 16.5. The van der Waals surface area contributed by atoms with Crippen LogP contribution >= 0.6 is 0 Å². The van der Waals surface area contributed by atoms with Crippen LogP contribution in [0.2, 0.25) is 0 Å². The maximum absolute atomic E-state index is 12.4. The molecular formula is C13H24N2O4. The maximum atomic E-state index is 12.4. The molecule has 0 radical (unpaired) electrons. The van der Waals surface area contributed by atoms with E-state index in [1.807, 2.05) is 13.8 Å². The van der Waals surface area contributed by atoms with E-state index < -0.39 is 11.9 Å². The molecule has 6 heteroatoms. The molecule has 0 aliphatic carbocycles. The predicted molar refractivity (Wildman–Crippen MR) is 71.0 cm³/mol. The number of rotatable bonds is 4. The van der Waals surface area contributed by atoms with E-state index >= 15 is 0 Å². The van der Waals surface area contributed by atoms with Crippen LogP contribution in [-0.4, -0.2) is 65.8 Å². The monoisotopic (exact) mass is 272 g/mol. The van der Waals surface area contributed by atoms with Crippen molar-refractivity contribution in [3.05, 3.63) is 0 Å². The molecular weight excluding hydrogens is 248 g/mol. The molecule has 19 heavy (non-hydrogen) atoms. The Balaban J connectivity index is 2.63. The van der Waals surface area contributed by atoms with E-state index in [1.165, 1.54) is 0 Å². The Morgan fingerprint density at radius 3 is 2.79 bits per heavy atom. The van der Waals surface area contributed by atoms with Crippen LogP contribution in [0.15, 0.2) is 0 Å². The highest BCUT2D eigenvalue weighted by molar-refractivity contribution is 5.76. The van der Waals surface area contributed by atoms with Crippen molar-refractivity contribution in [2.75, 3.05) is 32.8 Å². The lowest BCUT2D eigenvalue weighted by molar-refractivity contribution is -0.141. The molecule has 1 saturated heterocycles. The molecule has 1 fully saturated rings. The molecule has 1 aliphatic rings. The van der Waals surface area contributed by atoms with E-state index in [0.717, 1.165) is 6.42 Å². The van der Waals surface area contributed by atoms with E-state index in [1.54, 1.807) is 16.7 Å². The molecule has 2 amide bonds. The first-order valence-corrected chi connectivity index (χ1v) is 6.84. The fourth-order valence-corrected chi connectivity index (χ4v) is 2.12. The normalized spacial score (nSPS) is 21.6. The summed E-state index contributed by atoms with van der Waals surface area (Å²) in [6, 6.07) is -0.0899. The minimum Gasteiger partial charge on any atom is -0.481 e. The van der Waals surface area contributed by atoms with Gasteiger partial charge in [-0.3, -0.25) is 4.79 Å². The largest absolute Gasteiger partial charge is 0.481 e. The molecule has 0 spiro atoms. The van der Waals surface area contributed by atoms with E-state index in [-0.39, 0.29) is 18.7 Å². The summed E-state index contributed by atoms with van der Waals surface area (Å²) in [7, 11) is 0. The molecule has 1 aliphatic heterocycles. The van der Waals surface area contributed by atoms with Crippen LogP contribution in [0.25, 0.3) is 0 Å². The summed E-state index contributed by atoms with van der Waals surface area (Å²) in [5, 5.41) is 8.93. The zero-order valence-electron chi connectivity index (χ0n) is 12.0. The van der Waals surface area contributed by atoms with Crippen molar-refractivity contribution in [1.29, 1.82) is 0 Å². The summed E-state index contributed by atoms with van der Waals surface area (Å²) in [5.74, 6) is -1.43. The van der Waals surface area contributed by atoms with Crippen LogP contribution < -0.4 is 0 Å². The number of amides is 2. The zero-order valence-corrected chi connectivity index (χ0v) is 12.0.